The molecule has 0 saturated carbocycles. The molecular formula is C13H16ClNO2. The summed E-state index contributed by atoms with van der Waals surface area (Å²) in [5.74, 6) is 0.00829. The largest absolute Gasteiger partial charge is 0.381 e. The molecule has 1 N–H and O–H groups in total. The van der Waals surface area contributed by atoms with Gasteiger partial charge in [-0.3, -0.25) is 4.79 Å². The number of halogens is 1. The molecule has 92 valence electrons. The Morgan fingerprint density at radius 3 is 3.00 bits per heavy atom. The van der Waals surface area contributed by atoms with E-state index in [0.29, 0.717) is 11.6 Å². The van der Waals surface area contributed by atoms with Crippen molar-refractivity contribution in [2.75, 3.05) is 18.5 Å². The fourth-order valence-corrected chi connectivity index (χ4v) is 2.18. The maximum atomic E-state index is 12.0. The Hall–Kier alpha value is -1.06. The van der Waals surface area contributed by atoms with Crippen LogP contribution in [0, 0.1) is 12.8 Å². The molecule has 1 heterocycles. The predicted molar refractivity (Wildman–Crippen MR) is 68.4 cm³/mol. The van der Waals surface area contributed by atoms with Crippen molar-refractivity contribution in [3.63, 3.8) is 0 Å². The van der Waals surface area contributed by atoms with Gasteiger partial charge in [0.15, 0.2) is 0 Å². The smallest absolute Gasteiger partial charge is 0.229 e. The lowest BCUT2D eigenvalue weighted by atomic mass is 10.0. The van der Waals surface area contributed by atoms with Gasteiger partial charge in [-0.25, -0.2) is 0 Å². The third kappa shape index (κ3) is 3.20. The van der Waals surface area contributed by atoms with Crippen molar-refractivity contribution in [2.45, 2.75) is 19.8 Å². The fraction of sp³-hybridized carbons (Fsp3) is 0.462. The molecule has 2 rings (SSSR count). The first-order valence-electron chi connectivity index (χ1n) is 5.81. The molecule has 1 aromatic carbocycles. The van der Waals surface area contributed by atoms with Gasteiger partial charge in [-0.1, -0.05) is 11.6 Å². The summed E-state index contributed by atoms with van der Waals surface area (Å²) in [4.78, 5) is 12.0. The van der Waals surface area contributed by atoms with Gasteiger partial charge in [-0.15, -0.1) is 0 Å². The monoisotopic (exact) mass is 253 g/mol. The van der Waals surface area contributed by atoms with E-state index < -0.39 is 0 Å². The third-order valence-electron chi connectivity index (χ3n) is 2.98. The van der Waals surface area contributed by atoms with E-state index >= 15 is 0 Å². The summed E-state index contributed by atoms with van der Waals surface area (Å²) in [6, 6.07) is 5.45. The molecule has 0 radical (unpaired) electrons. The molecule has 0 spiro atoms. The highest BCUT2D eigenvalue weighted by Crippen LogP contribution is 2.21. The highest BCUT2D eigenvalue weighted by molar-refractivity contribution is 6.30. The van der Waals surface area contributed by atoms with Crippen molar-refractivity contribution < 1.29 is 9.53 Å². The molecule has 1 aliphatic heterocycles. The van der Waals surface area contributed by atoms with Gasteiger partial charge in [0.05, 0.1) is 12.5 Å². The highest BCUT2D eigenvalue weighted by Gasteiger charge is 2.22. The van der Waals surface area contributed by atoms with Crippen molar-refractivity contribution in [1.29, 1.82) is 0 Å². The van der Waals surface area contributed by atoms with Crippen LogP contribution in [0.3, 0.4) is 0 Å². The Balaban J connectivity index is 2.02. The first-order valence-corrected chi connectivity index (χ1v) is 6.19. The van der Waals surface area contributed by atoms with Crippen molar-refractivity contribution >= 4 is 23.2 Å². The van der Waals surface area contributed by atoms with Crippen LogP contribution in [0.25, 0.3) is 0 Å². The first-order chi connectivity index (χ1) is 8.16. The zero-order chi connectivity index (χ0) is 12.3. The van der Waals surface area contributed by atoms with E-state index in [1.165, 1.54) is 0 Å². The van der Waals surface area contributed by atoms with Crippen molar-refractivity contribution in [1.82, 2.24) is 0 Å². The third-order valence-corrected chi connectivity index (χ3v) is 3.21. The number of amides is 1. The van der Waals surface area contributed by atoms with E-state index in [-0.39, 0.29) is 11.8 Å². The molecule has 0 aliphatic carbocycles. The second-order valence-corrected chi connectivity index (χ2v) is 4.80. The number of aryl methyl sites for hydroxylation is 1. The Morgan fingerprint density at radius 2 is 2.35 bits per heavy atom. The van der Waals surface area contributed by atoms with Crippen LogP contribution in [0.4, 0.5) is 5.69 Å². The summed E-state index contributed by atoms with van der Waals surface area (Å²) in [6.07, 6.45) is 1.86. The number of anilines is 1. The molecule has 1 unspecified atom stereocenters. The number of nitrogens with one attached hydrogen (secondary N) is 1. The van der Waals surface area contributed by atoms with Gasteiger partial charge in [0, 0.05) is 17.3 Å². The number of benzene rings is 1. The number of hydrogen-bond acceptors (Lipinski definition) is 2. The summed E-state index contributed by atoms with van der Waals surface area (Å²) in [6.45, 7) is 3.22. The van der Waals surface area contributed by atoms with Crippen LogP contribution in [-0.4, -0.2) is 19.1 Å². The molecule has 17 heavy (non-hydrogen) atoms. The molecule has 1 aromatic rings. The summed E-state index contributed by atoms with van der Waals surface area (Å²) < 4.78 is 5.31. The Morgan fingerprint density at radius 1 is 1.53 bits per heavy atom. The molecule has 1 amide bonds. The number of rotatable bonds is 2. The molecule has 4 heteroatoms. The minimum atomic E-state index is -0.0289. The lowest BCUT2D eigenvalue weighted by Gasteiger charge is -2.21. The normalized spacial score (nSPS) is 20.0. The van der Waals surface area contributed by atoms with Gasteiger partial charge in [0.1, 0.15) is 0 Å². The van der Waals surface area contributed by atoms with E-state index in [0.717, 1.165) is 30.7 Å². The van der Waals surface area contributed by atoms with Crippen molar-refractivity contribution in [3.8, 4) is 0 Å². The average molecular weight is 254 g/mol. The lowest BCUT2D eigenvalue weighted by Crippen LogP contribution is -2.30. The minimum Gasteiger partial charge on any atom is -0.381 e. The van der Waals surface area contributed by atoms with Gasteiger partial charge >= 0.3 is 0 Å². The Bertz CT molecular complexity index is 414. The second-order valence-electron chi connectivity index (χ2n) is 4.36. The van der Waals surface area contributed by atoms with Gasteiger partial charge < -0.3 is 10.1 Å². The van der Waals surface area contributed by atoms with Crippen LogP contribution < -0.4 is 5.32 Å². The van der Waals surface area contributed by atoms with Crippen molar-refractivity contribution in [3.05, 3.63) is 28.8 Å². The van der Waals surface area contributed by atoms with Crippen LogP contribution in [0.1, 0.15) is 18.4 Å². The number of ether oxygens (including phenoxy) is 1. The second kappa shape index (κ2) is 5.52. The van der Waals surface area contributed by atoms with Crippen LogP contribution in [0.15, 0.2) is 18.2 Å². The van der Waals surface area contributed by atoms with E-state index in [2.05, 4.69) is 5.32 Å². The SMILES string of the molecule is Cc1cc(Cl)ccc1NC(=O)C1CCCOC1. The molecule has 1 atom stereocenters. The zero-order valence-corrected chi connectivity index (χ0v) is 10.6. The Labute approximate surface area is 106 Å². The topological polar surface area (TPSA) is 38.3 Å². The summed E-state index contributed by atoms with van der Waals surface area (Å²) in [5, 5.41) is 3.61. The molecule has 0 aromatic heterocycles. The van der Waals surface area contributed by atoms with E-state index in [1.807, 2.05) is 19.1 Å². The first kappa shape index (κ1) is 12.4. The maximum Gasteiger partial charge on any atom is 0.229 e. The van der Waals surface area contributed by atoms with Gasteiger partial charge in [0.25, 0.3) is 0 Å². The van der Waals surface area contributed by atoms with E-state index in [4.69, 9.17) is 16.3 Å². The molecular weight excluding hydrogens is 238 g/mol. The van der Waals surface area contributed by atoms with Crippen LogP contribution in [0.5, 0.6) is 0 Å². The predicted octanol–water partition coefficient (Wildman–Crippen LogP) is 3.01. The lowest BCUT2D eigenvalue weighted by molar-refractivity contribution is -0.123. The van der Waals surface area contributed by atoms with E-state index in [1.54, 1.807) is 6.07 Å². The quantitative estimate of drug-likeness (QED) is 0.880. The average Bonchev–Trinajstić information content (AvgIpc) is 2.34. The van der Waals surface area contributed by atoms with Gasteiger partial charge in [0.2, 0.25) is 5.91 Å². The number of hydrogen-bond donors (Lipinski definition) is 1. The van der Waals surface area contributed by atoms with Crippen LogP contribution in [0.2, 0.25) is 5.02 Å². The maximum absolute atomic E-state index is 12.0. The fourth-order valence-electron chi connectivity index (χ4n) is 1.95. The van der Waals surface area contributed by atoms with Crippen LogP contribution >= 0.6 is 11.6 Å². The van der Waals surface area contributed by atoms with Crippen molar-refractivity contribution in [2.24, 2.45) is 5.92 Å². The van der Waals surface area contributed by atoms with E-state index in [9.17, 15) is 4.79 Å². The standard InChI is InChI=1S/C13H16ClNO2/c1-9-7-11(14)4-5-12(9)15-13(16)10-3-2-6-17-8-10/h4-5,7,10H,2-3,6,8H2,1H3,(H,15,16). The number of carbonyl (C=O) groups excluding carboxylic acids is 1. The molecule has 3 nitrogen and oxygen atoms in total. The molecule has 1 aliphatic rings. The zero-order valence-electron chi connectivity index (χ0n) is 9.83. The van der Waals surface area contributed by atoms with Gasteiger partial charge in [-0.2, -0.15) is 0 Å². The number of carbonyl (C=O) groups is 1. The van der Waals surface area contributed by atoms with Crippen LogP contribution in [-0.2, 0) is 9.53 Å². The molecule has 1 saturated heterocycles. The van der Waals surface area contributed by atoms with Gasteiger partial charge in [-0.05, 0) is 43.5 Å². The highest BCUT2D eigenvalue weighted by atomic mass is 35.5. The Kier molecular flexibility index (Phi) is 4.02. The summed E-state index contributed by atoms with van der Waals surface area (Å²) >= 11 is 5.87. The molecule has 1 fully saturated rings. The minimum absolute atomic E-state index is 0.0289. The molecule has 0 bridgehead atoms. The summed E-state index contributed by atoms with van der Waals surface area (Å²) in [5.41, 5.74) is 1.80. The summed E-state index contributed by atoms with van der Waals surface area (Å²) in [7, 11) is 0.